The lowest BCUT2D eigenvalue weighted by atomic mass is 10.0. The molecule has 0 bridgehead atoms. The summed E-state index contributed by atoms with van der Waals surface area (Å²) in [6.45, 7) is 1.04. The summed E-state index contributed by atoms with van der Waals surface area (Å²) in [5, 5.41) is 13.2. The van der Waals surface area contributed by atoms with Gasteiger partial charge in [0.05, 0.1) is 32.0 Å². The number of aliphatic hydroxyl groups excluding tert-OH is 1. The highest BCUT2D eigenvalue weighted by molar-refractivity contribution is 4.90. The van der Waals surface area contributed by atoms with Crippen molar-refractivity contribution in [2.24, 2.45) is 5.11 Å². The van der Waals surface area contributed by atoms with E-state index in [9.17, 15) is 5.11 Å². The standard InChI is InChI=1S/C7H11N3O4/c8-10-9-4-3-14-7-6(5(4)11)12-1-2-13-7/h4-7,11H,1-3H2/t4-,5+,6-,7+/m1/s1. The number of fused-ring (bicyclic) bond motifs is 1. The zero-order valence-electron chi connectivity index (χ0n) is 7.44. The molecule has 1 N–H and O–H groups in total. The van der Waals surface area contributed by atoms with E-state index in [2.05, 4.69) is 10.0 Å². The smallest absolute Gasteiger partial charge is 0.186 e. The molecule has 2 fully saturated rings. The number of aliphatic hydroxyl groups is 1. The third kappa shape index (κ3) is 1.68. The van der Waals surface area contributed by atoms with Crippen LogP contribution in [0.3, 0.4) is 0 Å². The van der Waals surface area contributed by atoms with Crippen LogP contribution in [-0.2, 0) is 14.2 Å². The predicted octanol–water partition coefficient (Wildman–Crippen LogP) is -0.202. The van der Waals surface area contributed by atoms with Crippen LogP contribution >= 0.6 is 0 Å². The third-order valence-corrected chi connectivity index (χ3v) is 2.31. The minimum atomic E-state index is -0.857. The van der Waals surface area contributed by atoms with Crippen molar-refractivity contribution in [3.8, 4) is 0 Å². The fourth-order valence-electron chi connectivity index (χ4n) is 1.60. The van der Waals surface area contributed by atoms with Gasteiger partial charge in [0.15, 0.2) is 6.29 Å². The minimum absolute atomic E-state index is 0.162. The van der Waals surface area contributed by atoms with Crippen LogP contribution in [0.15, 0.2) is 5.11 Å². The highest BCUT2D eigenvalue weighted by atomic mass is 16.7. The summed E-state index contributed by atoms with van der Waals surface area (Å²) in [5.74, 6) is 0. The molecule has 0 saturated carbocycles. The predicted molar refractivity (Wildman–Crippen MR) is 44.4 cm³/mol. The van der Waals surface area contributed by atoms with E-state index in [0.29, 0.717) is 13.2 Å². The van der Waals surface area contributed by atoms with Gasteiger partial charge in [-0.1, -0.05) is 5.11 Å². The van der Waals surface area contributed by atoms with E-state index in [-0.39, 0.29) is 6.61 Å². The van der Waals surface area contributed by atoms with Crippen LogP contribution in [0.2, 0.25) is 0 Å². The molecule has 2 saturated heterocycles. The van der Waals surface area contributed by atoms with Crippen LogP contribution in [0.1, 0.15) is 0 Å². The van der Waals surface area contributed by atoms with Gasteiger partial charge < -0.3 is 19.3 Å². The fraction of sp³-hybridized carbons (Fsp3) is 1.00. The van der Waals surface area contributed by atoms with E-state index in [4.69, 9.17) is 19.7 Å². The summed E-state index contributed by atoms with van der Waals surface area (Å²) < 4.78 is 15.8. The van der Waals surface area contributed by atoms with E-state index in [1.54, 1.807) is 0 Å². The Hall–Kier alpha value is -0.850. The molecular formula is C7H11N3O4. The Labute approximate surface area is 80.2 Å². The van der Waals surface area contributed by atoms with Crippen molar-refractivity contribution in [2.45, 2.75) is 24.5 Å². The SMILES string of the molecule is [N-]=[N+]=N[C@@H]1CO[C@@H]2OCCO[C@@H]2[C@H]1O. The first-order valence-corrected chi connectivity index (χ1v) is 4.40. The second kappa shape index (κ2) is 4.12. The van der Waals surface area contributed by atoms with Gasteiger partial charge in [0.1, 0.15) is 6.10 Å². The van der Waals surface area contributed by atoms with Crippen LogP contribution in [0.4, 0.5) is 0 Å². The van der Waals surface area contributed by atoms with Crippen molar-refractivity contribution in [1.29, 1.82) is 0 Å². The lowest BCUT2D eigenvalue weighted by Crippen LogP contribution is -2.56. The van der Waals surface area contributed by atoms with Crippen molar-refractivity contribution in [2.75, 3.05) is 19.8 Å². The molecule has 0 aromatic carbocycles. The second-order valence-electron chi connectivity index (χ2n) is 3.17. The van der Waals surface area contributed by atoms with E-state index >= 15 is 0 Å². The van der Waals surface area contributed by atoms with Gasteiger partial charge in [-0.2, -0.15) is 0 Å². The molecule has 4 atom stereocenters. The Morgan fingerprint density at radius 1 is 1.29 bits per heavy atom. The number of rotatable bonds is 1. The first kappa shape index (κ1) is 9.70. The molecule has 0 radical (unpaired) electrons. The Morgan fingerprint density at radius 2 is 2.07 bits per heavy atom. The summed E-state index contributed by atoms with van der Waals surface area (Å²) in [5.41, 5.74) is 8.25. The molecule has 0 aliphatic carbocycles. The van der Waals surface area contributed by atoms with Crippen LogP contribution in [0.5, 0.6) is 0 Å². The largest absolute Gasteiger partial charge is 0.390 e. The molecule has 2 aliphatic rings. The molecule has 0 spiro atoms. The number of hydrogen-bond donors (Lipinski definition) is 1. The average molecular weight is 201 g/mol. The van der Waals surface area contributed by atoms with Crippen LogP contribution in [0, 0.1) is 0 Å². The van der Waals surface area contributed by atoms with Crippen molar-refractivity contribution in [3.63, 3.8) is 0 Å². The van der Waals surface area contributed by atoms with Gasteiger partial charge >= 0.3 is 0 Å². The second-order valence-corrected chi connectivity index (χ2v) is 3.17. The van der Waals surface area contributed by atoms with Crippen LogP contribution in [0.25, 0.3) is 10.4 Å². The van der Waals surface area contributed by atoms with E-state index < -0.39 is 24.5 Å². The molecule has 7 heteroatoms. The summed E-state index contributed by atoms with van der Waals surface area (Å²) >= 11 is 0. The van der Waals surface area contributed by atoms with Crippen molar-refractivity contribution < 1.29 is 19.3 Å². The molecule has 2 rings (SSSR count). The van der Waals surface area contributed by atoms with Gasteiger partial charge in [0, 0.05) is 4.91 Å². The van der Waals surface area contributed by atoms with Gasteiger partial charge in [-0.15, -0.1) is 0 Å². The molecular weight excluding hydrogens is 190 g/mol. The molecule has 14 heavy (non-hydrogen) atoms. The van der Waals surface area contributed by atoms with Gasteiger partial charge in [0.2, 0.25) is 0 Å². The van der Waals surface area contributed by atoms with Gasteiger partial charge in [-0.05, 0) is 5.53 Å². The van der Waals surface area contributed by atoms with Crippen LogP contribution in [-0.4, -0.2) is 49.5 Å². The van der Waals surface area contributed by atoms with Gasteiger partial charge in [-0.25, -0.2) is 0 Å². The summed E-state index contributed by atoms with van der Waals surface area (Å²) in [6.07, 6.45) is -1.94. The van der Waals surface area contributed by atoms with Crippen LogP contribution < -0.4 is 0 Å². The molecule has 0 unspecified atom stereocenters. The third-order valence-electron chi connectivity index (χ3n) is 2.31. The fourth-order valence-corrected chi connectivity index (χ4v) is 1.60. The number of ether oxygens (including phenoxy) is 3. The molecule has 2 aliphatic heterocycles. The maximum absolute atomic E-state index is 9.75. The summed E-state index contributed by atoms with van der Waals surface area (Å²) in [7, 11) is 0. The normalized spacial score (nSPS) is 42.4. The van der Waals surface area contributed by atoms with Gasteiger partial charge in [0.25, 0.3) is 0 Å². The Bertz CT molecular complexity index is 255. The van der Waals surface area contributed by atoms with E-state index in [0.717, 1.165) is 0 Å². The Kier molecular flexibility index (Phi) is 2.85. The first-order chi connectivity index (χ1) is 6.83. The highest BCUT2D eigenvalue weighted by Gasteiger charge is 2.42. The molecule has 0 aromatic rings. The molecule has 2 heterocycles. The summed E-state index contributed by atoms with van der Waals surface area (Å²) in [6, 6.07) is -0.594. The molecule has 0 aromatic heterocycles. The van der Waals surface area contributed by atoms with E-state index in [1.807, 2.05) is 0 Å². The number of azide groups is 1. The highest BCUT2D eigenvalue weighted by Crippen LogP contribution is 2.24. The quantitative estimate of drug-likeness (QED) is 0.361. The monoisotopic (exact) mass is 201 g/mol. The molecule has 78 valence electrons. The lowest BCUT2D eigenvalue weighted by Gasteiger charge is -2.40. The minimum Gasteiger partial charge on any atom is -0.390 e. The first-order valence-electron chi connectivity index (χ1n) is 4.40. The number of nitrogens with zero attached hydrogens (tertiary/aromatic N) is 3. The topological polar surface area (TPSA) is 96.7 Å². The van der Waals surface area contributed by atoms with Gasteiger partial charge in [-0.3, -0.25) is 0 Å². The van der Waals surface area contributed by atoms with Crippen molar-refractivity contribution >= 4 is 0 Å². The Morgan fingerprint density at radius 3 is 2.86 bits per heavy atom. The zero-order valence-corrected chi connectivity index (χ0v) is 7.44. The van der Waals surface area contributed by atoms with Crippen molar-refractivity contribution in [3.05, 3.63) is 10.4 Å². The van der Waals surface area contributed by atoms with Crippen molar-refractivity contribution in [1.82, 2.24) is 0 Å². The average Bonchev–Trinajstić information content (AvgIpc) is 2.23. The maximum atomic E-state index is 9.75. The number of hydrogen-bond acceptors (Lipinski definition) is 5. The molecule has 0 amide bonds. The lowest BCUT2D eigenvalue weighted by molar-refractivity contribution is -0.293. The Balaban J connectivity index is 2.06. The zero-order chi connectivity index (χ0) is 9.97. The molecule has 7 nitrogen and oxygen atoms in total. The summed E-state index contributed by atoms with van der Waals surface area (Å²) in [4.78, 5) is 2.64. The van der Waals surface area contributed by atoms with E-state index in [1.165, 1.54) is 0 Å². The maximum Gasteiger partial charge on any atom is 0.186 e.